The fraction of sp³-hybridized carbons (Fsp3) is 0.188. The van der Waals surface area contributed by atoms with E-state index in [1.807, 2.05) is 0 Å². The van der Waals surface area contributed by atoms with Crippen LogP contribution in [0.5, 0.6) is 0 Å². The minimum Gasteiger partial charge on any atom is -0.395 e. The van der Waals surface area contributed by atoms with Crippen LogP contribution in [-0.2, 0) is 6.54 Å². The summed E-state index contributed by atoms with van der Waals surface area (Å²) in [6, 6.07) is 7.89. The Kier molecular flexibility index (Phi) is 6.23. The number of primary amides is 1. The number of hydrogen-bond donors (Lipinski definition) is 4. The fourth-order valence-corrected chi connectivity index (χ4v) is 2.36. The van der Waals surface area contributed by atoms with E-state index in [9.17, 15) is 25.0 Å². The first-order chi connectivity index (χ1) is 12.8. The summed E-state index contributed by atoms with van der Waals surface area (Å²) in [4.78, 5) is 32.2. The maximum absolute atomic E-state index is 11.3. The number of nitro groups is 2. The zero-order valence-electron chi connectivity index (χ0n) is 14.0. The van der Waals surface area contributed by atoms with Crippen molar-refractivity contribution >= 4 is 28.7 Å². The predicted molar refractivity (Wildman–Crippen MR) is 97.6 cm³/mol. The number of nitrogens with one attached hydrogen (secondary N) is 2. The molecule has 2 aromatic carbocycles. The number of anilines is 2. The molecule has 0 aliphatic carbocycles. The highest BCUT2D eigenvalue weighted by Gasteiger charge is 2.17. The van der Waals surface area contributed by atoms with Gasteiger partial charge < -0.3 is 21.5 Å². The largest absolute Gasteiger partial charge is 0.395 e. The Bertz CT molecular complexity index is 886. The lowest BCUT2D eigenvalue weighted by Gasteiger charge is -2.13. The van der Waals surface area contributed by atoms with Gasteiger partial charge in [0.05, 0.1) is 27.8 Å². The van der Waals surface area contributed by atoms with Gasteiger partial charge in [-0.15, -0.1) is 0 Å². The number of nitrogens with zero attached hydrogens (tertiary/aromatic N) is 2. The second kappa shape index (κ2) is 8.58. The van der Waals surface area contributed by atoms with E-state index in [0.29, 0.717) is 11.4 Å². The number of aliphatic hydroxyl groups is 1. The summed E-state index contributed by atoms with van der Waals surface area (Å²) in [5, 5.41) is 37.0. The highest BCUT2D eigenvalue weighted by Crippen LogP contribution is 2.29. The molecule has 0 radical (unpaired) electrons. The van der Waals surface area contributed by atoms with Crippen molar-refractivity contribution < 1.29 is 19.7 Å². The van der Waals surface area contributed by atoms with Gasteiger partial charge >= 0.3 is 0 Å². The smallest absolute Gasteiger partial charge is 0.275 e. The van der Waals surface area contributed by atoms with Crippen LogP contribution >= 0.6 is 0 Å². The molecule has 0 fully saturated rings. The van der Waals surface area contributed by atoms with Crippen molar-refractivity contribution in [2.45, 2.75) is 6.54 Å². The predicted octanol–water partition coefficient (Wildman–Crippen LogP) is 1.62. The lowest BCUT2D eigenvalue weighted by Crippen LogP contribution is -2.13. The summed E-state index contributed by atoms with van der Waals surface area (Å²) in [6.45, 7) is 0.0563. The van der Waals surface area contributed by atoms with Crippen LogP contribution in [0.2, 0.25) is 0 Å². The van der Waals surface area contributed by atoms with Gasteiger partial charge in [-0.05, 0) is 18.2 Å². The molecule has 0 aromatic heterocycles. The second-order valence-corrected chi connectivity index (χ2v) is 5.46. The van der Waals surface area contributed by atoms with Crippen LogP contribution in [0.3, 0.4) is 0 Å². The summed E-state index contributed by atoms with van der Waals surface area (Å²) in [6.07, 6.45) is 0. The number of hydrogen-bond acceptors (Lipinski definition) is 8. The van der Waals surface area contributed by atoms with E-state index in [-0.39, 0.29) is 42.2 Å². The maximum Gasteiger partial charge on any atom is 0.275 e. The third-order valence-corrected chi connectivity index (χ3v) is 3.68. The van der Waals surface area contributed by atoms with Gasteiger partial charge in [-0.25, -0.2) is 0 Å². The molecule has 0 heterocycles. The minimum absolute atomic E-state index is 0.00565. The lowest BCUT2D eigenvalue weighted by atomic mass is 10.1. The van der Waals surface area contributed by atoms with Gasteiger partial charge in [0.25, 0.3) is 11.4 Å². The average molecular weight is 375 g/mol. The van der Waals surface area contributed by atoms with Crippen LogP contribution in [0.15, 0.2) is 36.4 Å². The Hall–Kier alpha value is -3.73. The molecular formula is C16H17N5O6. The van der Waals surface area contributed by atoms with E-state index in [2.05, 4.69) is 10.6 Å². The van der Waals surface area contributed by atoms with Crippen LogP contribution < -0.4 is 16.4 Å². The van der Waals surface area contributed by atoms with E-state index in [0.717, 1.165) is 6.07 Å². The van der Waals surface area contributed by atoms with Gasteiger partial charge in [0.2, 0.25) is 5.91 Å². The van der Waals surface area contributed by atoms with Gasteiger partial charge in [0.15, 0.2) is 0 Å². The number of non-ortho nitro benzene ring substituents is 1. The van der Waals surface area contributed by atoms with Gasteiger partial charge in [0.1, 0.15) is 0 Å². The van der Waals surface area contributed by atoms with E-state index >= 15 is 0 Å². The summed E-state index contributed by atoms with van der Waals surface area (Å²) < 4.78 is 0. The third kappa shape index (κ3) is 4.89. The molecule has 5 N–H and O–H groups in total. The van der Waals surface area contributed by atoms with Crippen molar-refractivity contribution in [1.29, 1.82) is 0 Å². The first-order valence-corrected chi connectivity index (χ1v) is 7.77. The molecule has 2 aromatic rings. The first kappa shape index (κ1) is 19.6. The molecule has 0 aliphatic heterocycles. The molecule has 1 amide bonds. The van der Waals surface area contributed by atoms with Crippen LogP contribution in [0.25, 0.3) is 0 Å². The first-order valence-electron chi connectivity index (χ1n) is 7.77. The third-order valence-electron chi connectivity index (χ3n) is 3.68. The normalized spacial score (nSPS) is 10.3. The Morgan fingerprint density at radius 1 is 1.04 bits per heavy atom. The van der Waals surface area contributed by atoms with Gasteiger partial charge in [-0.1, -0.05) is 0 Å². The molecule has 0 unspecified atom stereocenters. The highest BCUT2D eigenvalue weighted by atomic mass is 16.6. The number of carbonyl (C=O) groups excluding carboxylic acids is 1. The molecule has 142 valence electrons. The Balaban J connectivity index is 2.31. The van der Waals surface area contributed by atoms with Crippen LogP contribution in [-0.4, -0.2) is 34.0 Å². The molecule has 2 rings (SSSR count). The molecule has 11 nitrogen and oxygen atoms in total. The van der Waals surface area contributed by atoms with E-state index in [4.69, 9.17) is 10.8 Å². The van der Waals surface area contributed by atoms with Crippen molar-refractivity contribution in [2.24, 2.45) is 5.73 Å². The van der Waals surface area contributed by atoms with Crippen LogP contribution in [0, 0.1) is 20.2 Å². The molecule has 11 heteroatoms. The zero-order valence-corrected chi connectivity index (χ0v) is 14.0. The minimum atomic E-state index is -0.785. The monoisotopic (exact) mass is 375 g/mol. The number of amides is 1. The standard InChI is InChI=1S/C16H17N5O6/c17-16(23)10-1-2-11(15(7-10)21(26)27)9-19-14-8-12(20(24)25)3-4-13(14)18-5-6-22/h1-4,7-8,18-19,22H,5-6,9H2,(H2,17,23). The quantitative estimate of drug-likeness (QED) is 0.378. The summed E-state index contributed by atoms with van der Waals surface area (Å²) >= 11 is 0. The van der Waals surface area contributed by atoms with Gasteiger partial charge in [-0.3, -0.25) is 25.0 Å². The SMILES string of the molecule is NC(=O)c1ccc(CNc2cc([N+](=O)[O-])ccc2NCCO)c([N+](=O)[O-])c1. The van der Waals surface area contributed by atoms with Crippen molar-refractivity contribution in [3.63, 3.8) is 0 Å². The number of rotatable bonds is 9. The van der Waals surface area contributed by atoms with Crippen LogP contribution in [0.4, 0.5) is 22.7 Å². The van der Waals surface area contributed by atoms with Gasteiger partial charge in [0, 0.05) is 42.4 Å². The Morgan fingerprint density at radius 3 is 2.37 bits per heavy atom. The fourth-order valence-electron chi connectivity index (χ4n) is 2.36. The van der Waals surface area contributed by atoms with E-state index < -0.39 is 15.8 Å². The molecule has 0 bridgehead atoms. The van der Waals surface area contributed by atoms with Crippen molar-refractivity contribution in [1.82, 2.24) is 0 Å². The van der Waals surface area contributed by atoms with Crippen LogP contribution in [0.1, 0.15) is 15.9 Å². The number of nitrogens with two attached hydrogens (primary N) is 1. The number of aliphatic hydroxyl groups excluding tert-OH is 1. The molecule has 27 heavy (non-hydrogen) atoms. The Morgan fingerprint density at radius 2 is 1.78 bits per heavy atom. The van der Waals surface area contributed by atoms with Gasteiger partial charge in [-0.2, -0.15) is 0 Å². The number of carbonyl (C=O) groups is 1. The average Bonchev–Trinajstić information content (AvgIpc) is 2.64. The molecule has 0 saturated heterocycles. The molecular weight excluding hydrogens is 358 g/mol. The zero-order chi connectivity index (χ0) is 20.0. The summed E-state index contributed by atoms with van der Waals surface area (Å²) in [5.41, 5.74) is 5.79. The number of benzene rings is 2. The maximum atomic E-state index is 11.3. The number of nitro benzene ring substituents is 2. The summed E-state index contributed by atoms with van der Waals surface area (Å²) in [5.74, 6) is -0.785. The molecule has 0 spiro atoms. The lowest BCUT2D eigenvalue weighted by molar-refractivity contribution is -0.385. The van der Waals surface area contributed by atoms with E-state index in [1.165, 1.54) is 30.3 Å². The highest BCUT2D eigenvalue weighted by molar-refractivity contribution is 5.93. The summed E-state index contributed by atoms with van der Waals surface area (Å²) in [7, 11) is 0. The second-order valence-electron chi connectivity index (χ2n) is 5.46. The topological polar surface area (TPSA) is 174 Å². The van der Waals surface area contributed by atoms with Crippen molar-refractivity contribution in [3.05, 3.63) is 67.8 Å². The van der Waals surface area contributed by atoms with Crippen molar-refractivity contribution in [3.8, 4) is 0 Å². The molecule has 0 atom stereocenters. The Labute approximate surface area is 153 Å². The van der Waals surface area contributed by atoms with Crippen molar-refractivity contribution in [2.75, 3.05) is 23.8 Å². The molecule has 0 saturated carbocycles. The van der Waals surface area contributed by atoms with E-state index in [1.54, 1.807) is 0 Å². The molecule has 0 aliphatic rings.